The predicted molar refractivity (Wildman–Crippen MR) is 109 cm³/mol. The molecule has 2 aromatic rings. The molecule has 0 aliphatic carbocycles. The van der Waals surface area contributed by atoms with Gasteiger partial charge in [-0.3, -0.25) is 0 Å². The minimum atomic E-state index is -3.66. The maximum absolute atomic E-state index is 13.1. The van der Waals surface area contributed by atoms with E-state index in [0.29, 0.717) is 6.42 Å². The average molecular weight is 402 g/mol. The molecule has 1 heterocycles. The Bertz CT molecular complexity index is 896. The zero-order chi connectivity index (χ0) is 20.3. The van der Waals surface area contributed by atoms with E-state index in [1.54, 1.807) is 30.3 Å². The number of piperidine rings is 1. The minimum absolute atomic E-state index is 0.137. The minimum Gasteiger partial charge on any atom is -0.393 e. The highest BCUT2D eigenvalue weighted by molar-refractivity contribution is 7.89. The SMILES string of the molecule is C=C[C@H]([C@@H]1CN(S(=O)(=O)c2ccc(C)cc2)CC[C@H]1O)[C@H](O)c1ccccc1. The summed E-state index contributed by atoms with van der Waals surface area (Å²) in [6, 6.07) is 15.9. The first kappa shape index (κ1) is 20.7. The van der Waals surface area contributed by atoms with Crippen molar-refractivity contribution in [3.05, 3.63) is 78.4 Å². The summed E-state index contributed by atoms with van der Waals surface area (Å²) in [5.41, 5.74) is 1.71. The molecule has 2 aromatic carbocycles. The lowest BCUT2D eigenvalue weighted by molar-refractivity contribution is -0.00677. The Morgan fingerprint density at radius 2 is 1.79 bits per heavy atom. The second-order valence-corrected chi connectivity index (χ2v) is 9.30. The molecule has 1 saturated heterocycles. The fourth-order valence-electron chi connectivity index (χ4n) is 3.80. The van der Waals surface area contributed by atoms with Crippen LogP contribution in [0, 0.1) is 18.8 Å². The van der Waals surface area contributed by atoms with Gasteiger partial charge in [0.05, 0.1) is 17.1 Å². The van der Waals surface area contributed by atoms with Gasteiger partial charge in [-0.15, -0.1) is 6.58 Å². The van der Waals surface area contributed by atoms with Crippen molar-refractivity contribution in [1.82, 2.24) is 4.31 Å². The molecule has 1 aliphatic heterocycles. The Balaban J connectivity index is 1.85. The summed E-state index contributed by atoms with van der Waals surface area (Å²) in [5, 5.41) is 21.4. The van der Waals surface area contributed by atoms with Gasteiger partial charge in [-0.2, -0.15) is 4.31 Å². The molecule has 6 heteroatoms. The van der Waals surface area contributed by atoms with Crippen LogP contribution in [-0.2, 0) is 10.0 Å². The van der Waals surface area contributed by atoms with Gasteiger partial charge in [-0.1, -0.05) is 54.1 Å². The summed E-state index contributed by atoms with van der Waals surface area (Å²) in [6.45, 7) is 6.13. The number of benzene rings is 2. The van der Waals surface area contributed by atoms with Crippen molar-refractivity contribution >= 4 is 10.0 Å². The molecule has 0 aromatic heterocycles. The number of nitrogens with zero attached hydrogens (tertiary/aromatic N) is 1. The van der Waals surface area contributed by atoms with Crippen molar-refractivity contribution < 1.29 is 18.6 Å². The standard InChI is InChI=1S/C22H27NO4S/c1-3-19(22(25)17-7-5-4-6-8-17)20-15-23(14-13-21(20)24)28(26,27)18-11-9-16(2)10-12-18/h3-12,19-22,24-25H,1,13-15H2,2H3/t19-,20+,21-,22-/m1/s1. The van der Waals surface area contributed by atoms with Crippen LogP contribution >= 0.6 is 0 Å². The van der Waals surface area contributed by atoms with Crippen LogP contribution in [0.25, 0.3) is 0 Å². The van der Waals surface area contributed by atoms with E-state index in [9.17, 15) is 18.6 Å². The fraction of sp³-hybridized carbons (Fsp3) is 0.364. The van der Waals surface area contributed by atoms with E-state index in [2.05, 4.69) is 6.58 Å². The van der Waals surface area contributed by atoms with E-state index < -0.39 is 34.1 Å². The third-order valence-corrected chi connectivity index (χ3v) is 7.39. The van der Waals surface area contributed by atoms with Crippen molar-refractivity contribution in [3.63, 3.8) is 0 Å². The maximum atomic E-state index is 13.1. The van der Waals surface area contributed by atoms with Gasteiger partial charge >= 0.3 is 0 Å². The molecule has 0 amide bonds. The van der Waals surface area contributed by atoms with Gasteiger partial charge in [-0.25, -0.2) is 8.42 Å². The van der Waals surface area contributed by atoms with Gasteiger partial charge in [-0.05, 0) is 31.0 Å². The van der Waals surface area contributed by atoms with Gasteiger partial charge in [0.1, 0.15) is 0 Å². The van der Waals surface area contributed by atoms with E-state index in [1.807, 2.05) is 37.3 Å². The zero-order valence-electron chi connectivity index (χ0n) is 16.0. The Labute approximate surface area is 167 Å². The smallest absolute Gasteiger partial charge is 0.243 e. The highest BCUT2D eigenvalue weighted by atomic mass is 32.2. The summed E-state index contributed by atoms with van der Waals surface area (Å²) in [5.74, 6) is -0.907. The average Bonchev–Trinajstić information content (AvgIpc) is 2.70. The monoisotopic (exact) mass is 401 g/mol. The molecular formula is C22H27NO4S. The van der Waals surface area contributed by atoms with Crippen molar-refractivity contribution in [2.45, 2.75) is 30.4 Å². The number of rotatable bonds is 6. The largest absolute Gasteiger partial charge is 0.393 e. The summed E-state index contributed by atoms with van der Waals surface area (Å²) < 4.78 is 27.5. The summed E-state index contributed by atoms with van der Waals surface area (Å²) >= 11 is 0. The van der Waals surface area contributed by atoms with Crippen molar-refractivity contribution in [2.24, 2.45) is 11.8 Å². The third kappa shape index (κ3) is 4.20. The number of aliphatic hydroxyl groups is 2. The van der Waals surface area contributed by atoms with Gasteiger partial charge < -0.3 is 10.2 Å². The number of aryl methyl sites for hydroxylation is 1. The Kier molecular flexibility index (Phi) is 6.35. The molecule has 0 saturated carbocycles. The molecule has 1 fully saturated rings. The summed E-state index contributed by atoms with van der Waals surface area (Å²) in [4.78, 5) is 0.243. The van der Waals surface area contributed by atoms with Crippen LogP contribution in [0.3, 0.4) is 0 Å². The Morgan fingerprint density at radius 3 is 2.39 bits per heavy atom. The first-order valence-corrected chi connectivity index (χ1v) is 10.9. The van der Waals surface area contributed by atoms with Crippen LogP contribution < -0.4 is 0 Å². The van der Waals surface area contributed by atoms with Gasteiger partial charge in [0, 0.05) is 24.9 Å². The normalized spacial score (nSPS) is 23.1. The Morgan fingerprint density at radius 1 is 1.14 bits per heavy atom. The molecular weight excluding hydrogens is 374 g/mol. The molecule has 1 aliphatic rings. The van der Waals surface area contributed by atoms with E-state index >= 15 is 0 Å². The van der Waals surface area contributed by atoms with Crippen LogP contribution in [0.4, 0.5) is 0 Å². The molecule has 2 N–H and O–H groups in total. The molecule has 0 radical (unpaired) electrons. The van der Waals surface area contributed by atoms with E-state index in [0.717, 1.165) is 11.1 Å². The number of sulfonamides is 1. The first-order chi connectivity index (χ1) is 13.3. The van der Waals surface area contributed by atoms with Crippen molar-refractivity contribution in [1.29, 1.82) is 0 Å². The van der Waals surface area contributed by atoms with Gasteiger partial charge in [0.2, 0.25) is 10.0 Å². The van der Waals surface area contributed by atoms with Crippen molar-refractivity contribution in [2.75, 3.05) is 13.1 Å². The molecule has 0 spiro atoms. The molecule has 28 heavy (non-hydrogen) atoms. The lowest BCUT2D eigenvalue weighted by atomic mass is 9.79. The van der Waals surface area contributed by atoms with E-state index in [1.165, 1.54) is 4.31 Å². The van der Waals surface area contributed by atoms with Gasteiger partial charge in [0.15, 0.2) is 0 Å². The second-order valence-electron chi connectivity index (χ2n) is 7.36. The molecule has 3 rings (SSSR count). The topological polar surface area (TPSA) is 77.8 Å². The van der Waals surface area contributed by atoms with E-state index in [-0.39, 0.29) is 18.0 Å². The van der Waals surface area contributed by atoms with Crippen LogP contribution in [0.15, 0.2) is 72.1 Å². The molecule has 0 bridgehead atoms. The third-order valence-electron chi connectivity index (χ3n) is 5.51. The number of hydrogen-bond donors (Lipinski definition) is 2. The van der Waals surface area contributed by atoms with Crippen LogP contribution in [-0.4, -0.2) is 42.1 Å². The summed E-state index contributed by atoms with van der Waals surface area (Å²) in [7, 11) is -3.66. The number of aliphatic hydroxyl groups excluding tert-OH is 2. The predicted octanol–water partition coefficient (Wildman–Crippen LogP) is 2.90. The van der Waals surface area contributed by atoms with Crippen molar-refractivity contribution in [3.8, 4) is 0 Å². The first-order valence-electron chi connectivity index (χ1n) is 9.45. The molecule has 5 nitrogen and oxygen atoms in total. The lowest BCUT2D eigenvalue weighted by Crippen LogP contribution is -2.49. The van der Waals surface area contributed by atoms with Crippen LogP contribution in [0.2, 0.25) is 0 Å². The van der Waals surface area contributed by atoms with Crippen LogP contribution in [0.5, 0.6) is 0 Å². The highest BCUT2D eigenvalue weighted by Crippen LogP contribution is 2.36. The van der Waals surface area contributed by atoms with E-state index in [4.69, 9.17) is 0 Å². The summed E-state index contributed by atoms with van der Waals surface area (Å²) in [6.07, 6.45) is 0.376. The second kappa shape index (κ2) is 8.57. The quantitative estimate of drug-likeness (QED) is 0.730. The Hall–Kier alpha value is -1.99. The fourth-order valence-corrected chi connectivity index (χ4v) is 5.30. The van der Waals surface area contributed by atoms with Crippen LogP contribution in [0.1, 0.15) is 23.7 Å². The lowest BCUT2D eigenvalue weighted by Gasteiger charge is -2.40. The maximum Gasteiger partial charge on any atom is 0.243 e. The zero-order valence-corrected chi connectivity index (χ0v) is 16.8. The molecule has 4 atom stereocenters. The number of hydrogen-bond acceptors (Lipinski definition) is 4. The molecule has 0 unspecified atom stereocenters. The van der Waals surface area contributed by atoms with Gasteiger partial charge in [0.25, 0.3) is 0 Å². The highest BCUT2D eigenvalue weighted by Gasteiger charge is 2.40. The molecule has 150 valence electrons.